The van der Waals surface area contributed by atoms with Crippen LogP contribution in [0.1, 0.15) is 62.5 Å². The van der Waals surface area contributed by atoms with Gasteiger partial charge in [0.05, 0.1) is 11.6 Å². The topological polar surface area (TPSA) is 165 Å². The van der Waals surface area contributed by atoms with Gasteiger partial charge in [0.15, 0.2) is 11.4 Å². The summed E-state index contributed by atoms with van der Waals surface area (Å²) in [6.45, 7) is 11.1. The van der Waals surface area contributed by atoms with Crippen molar-refractivity contribution >= 4 is 17.5 Å². The van der Waals surface area contributed by atoms with Gasteiger partial charge in [-0.25, -0.2) is 4.39 Å². The number of nitrogens with zero attached hydrogens (tertiary/aromatic N) is 2. The number of likely N-dealkylation sites (N-methyl/N-ethyl adjacent to an activating group) is 1. The molecule has 0 radical (unpaired) electrons. The molecule has 0 heterocycles. The third-order valence-electron chi connectivity index (χ3n) is 9.31. The van der Waals surface area contributed by atoms with Crippen LogP contribution in [-0.4, -0.2) is 86.0 Å². The lowest BCUT2D eigenvalue weighted by Gasteiger charge is -2.50. The predicted octanol–water partition coefficient (Wildman–Crippen LogP) is 2.52. The number of hydrogen-bond acceptors (Lipinski definition) is 9. The number of allylic oxidation sites excluding steroid dienone is 1. The number of ketones is 2. The fourth-order valence-electron chi connectivity index (χ4n) is 6.76. The molecule has 10 nitrogen and oxygen atoms in total. The molecule has 1 amide bonds. The number of hydrogen-bond donors (Lipinski definition) is 5. The number of phenols is 1. The van der Waals surface area contributed by atoms with Crippen LogP contribution in [0.4, 0.5) is 4.39 Å². The smallest absolute Gasteiger partial charge is 0.255 e. The molecule has 41 heavy (non-hydrogen) atoms. The SMILES string of the molecule is CCN(Cc1cc(O)c2c(c1F)C[C@H]1C[C@H]3[C@H](N(C)C)C(O)=C(C(N)=O)C(=O)[C@@]3(O)C(O)=C1C2=O)[C@H](C)C(C)(C)C. The molecule has 3 aliphatic carbocycles. The van der Waals surface area contributed by atoms with Gasteiger partial charge < -0.3 is 26.2 Å². The molecule has 0 spiro atoms. The Morgan fingerprint density at radius 2 is 1.83 bits per heavy atom. The van der Waals surface area contributed by atoms with Crippen LogP contribution in [0, 0.1) is 23.1 Å². The first-order valence-corrected chi connectivity index (χ1v) is 13.8. The van der Waals surface area contributed by atoms with Crippen molar-refractivity contribution in [2.24, 2.45) is 23.0 Å². The van der Waals surface area contributed by atoms with E-state index in [2.05, 4.69) is 25.7 Å². The van der Waals surface area contributed by atoms with Crippen LogP contribution >= 0.6 is 0 Å². The standard InChI is InChI=1S/C30H40FN3O7/c1-8-34(13(2)29(3,4)5)12-15-11-18(35)20-16(22(15)31)9-14-10-17-23(33(6)7)25(37)21(28(32)40)27(39)30(17,41)26(38)19(14)24(20)36/h11,13-14,17,23,35,37-38,41H,8-10,12H2,1-7H3,(H2,32,40)/t13-,14+,17+,23+,30+/m1/s1. The molecule has 224 valence electrons. The van der Waals surface area contributed by atoms with E-state index in [0.29, 0.717) is 6.54 Å². The maximum absolute atomic E-state index is 16.1. The predicted molar refractivity (Wildman–Crippen MR) is 149 cm³/mol. The van der Waals surface area contributed by atoms with Crippen LogP contribution in [-0.2, 0) is 22.6 Å². The van der Waals surface area contributed by atoms with E-state index in [1.807, 2.05) is 13.8 Å². The fraction of sp³-hybridized carbons (Fsp3) is 0.567. The second kappa shape index (κ2) is 10.2. The molecule has 0 unspecified atom stereocenters. The van der Waals surface area contributed by atoms with Gasteiger partial charge in [-0.05, 0) is 57.8 Å². The molecule has 0 aromatic heterocycles. The number of aromatic hydroxyl groups is 1. The first kappa shape index (κ1) is 30.7. The average Bonchev–Trinajstić information content (AvgIpc) is 2.85. The van der Waals surface area contributed by atoms with Gasteiger partial charge >= 0.3 is 0 Å². The fourth-order valence-corrected chi connectivity index (χ4v) is 6.76. The Morgan fingerprint density at radius 1 is 1.22 bits per heavy atom. The van der Waals surface area contributed by atoms with E-state index in [1.165, 1.54) is 11.0 Å². The molecule has 0 saturated heterocycles. The van der Waals surface area contributed by atoms with E-state index < -0.39 is 69.6 Å². The number of nitrogens with two attached hydrogens (primary N) is 1. The molecule has 1 aromatic rings. The molecular formula is C30H40FN3O7. The number of benzene rings is 1. The highest BCUT2D eigenvalue weighted by Crippen LogP contribution is 2.52. The van der Waals surface area contributed by atoms with Crippen molar-refractivity contribution in [3.05, 3.63) is 51.2 Å². The van der Waals surface area contributed by atoms with Crippen molar-refractivity contribution < 1.29 is 39.2 Å². The lowest BCUT2D eigenvalue weighted by atomic mass is 9.58. The van der Waals surface area contributed by atoms with Crippen LogP contribution < -0.4 is 5.73 Å². The van der Waals surface area contributed by atoms with E-state index in [0.717, 1.165) is 0 Å². The minimum Gasteiger partial charge on any atom is -0.510 e. The lowest BCUT2D eigenvalue weighted by molar-refractivity contribution is -0.148. The Hall–Kier alpha value is -3.28. The number of amides is 1. The normalized spacial score (nSPS) is 27.2. The summed E-state index contributed by atoms with van der Waals surface area (Å²) in [7, 11) is 3.10. The van der Waals surface area contributed by atoms with Crippen molar-refractivity contribution in [3.63, 3.8) is 0 Å². The summed E-state index contributed by atoms with van der Waals surface area (Å²) >= 11 is 0. The Bertz CT molecular complexity index is 1390. The van der Waals surface area contributed by atoms with Crippen molar-refractivity contribution in [3.8, 4) is 5.75 Å². The highest BCUT2D eigenvalue weighted by Gasteiger charge is 2.63. The molecule has 0 fully saturated rings. The van der Waals surface area contributed by atoms with E-state index in [-0.39, 0.29) is 53.1 Å². The van der Waals surface area contributed by atoms with Gasteiger partial charge in [-0.15, -0.1) is 0 Å². The quantitative estimate of drug-likeness (QED) is 0.322. The Balaban J connectivity index is 1.85. The Kier molecular flexibility index (Phi) is 7.64. The van der Waals surface area contributed by atoms with Gasteiger partial charge in [0.2, 0.25) is 5.78 Å². The zero-order valence-electron chi connectivity index (χ0n) is 24.6. The summed E-state index contributed by atoms with van der Waals surface area (Å²) in [5, 5.41) is 44.8. The second-order valence-corrected chi connectivity index (χ2v) is 12.8. The third kappa shape index (κ3) is 4.54. The lowest BCUT2D eigenvalue weighted by Crippen LogP contribution is -2.63. The number of aliphatic hydroxyl groups is 3. The van der Waals surface area contributed by atoms with Crippen molar-refractivity contribution in [1.82, 2.24) is 9.80 Å². The van der Waals surface area contributed by atoms with Gasteiger partial charge in [-0.1, -0.05) is 27.7 Å². The molecule has 0 saturated carbocycles. The summed E-state index contributed by atoms with van der Waals surface area (Å²) in [4.78, 5) is 42.7. The number of phenolic OH excluding ortho intramolecular Hbond substituents is 1. The van der Waals surface area contributed by atoms with Gasteiger partial charge in [-0.3, -0.25) is 24.2 Å². The average molecular weight is 574 g/mol. The summed E-state index contributed by atoms with van der Waals surface area (Å²) in [6.07, 6.45) is -0.193. The molecule has 3 aliphatic rings. The van der Waals surface area contributed by atoms with Gasteiger partial charge in [0, 0.05) is 35.2 Å². The minimum absolute atomic E-state index is 0.00224. The van der Waals surface area contributed by atoms with E-state index >= 15 is 4.39 Å². The van der Waals surface area contributed by atoms with Gasteiger partial charge in [0.25, 0.3) is 5.91 Å². The zero-order valence-corrected chi connectivity index (χ0v) is 24.6. The zero-order chi connectivity index (χ0) is 30.9. The minimum atomic E-state index is -2.73. The van der Waals surface area contributed by atoms with Crippen LogP contribution in [0.3, 0.4) is 0 Å². The van der Waals surface area contributed by atoms with Crippen LogP contribution in [0.2, 0.25) is 0 Å². The number of primary amides is 1. The highest BCUT2D eigenvalue weighted by atomic mass is 19.1. The number of carbonyl (C=O) groups excluding carboxylic acids is 3. The Morgan fingerprint density at radius 3 is 2.34 bits per heavy atom. The molecule has 5 atom stereocenters. The number of Topliss-reactive ketones (excluding diaryl/α,β-unsaturated/α-hetero) is 2. The monoisotopic (exact) mass is 573 g/mol. The van der Waals surface area contributed by atoms with E-state index in [9.17, 15) is 34.8 Å². The number of halogens is 1. The summed E-state index contributed by atoms with van der Waals surface area (Å²) in [5.74, 6) is -8.24. The summed E-state index contributed by atoms with van der Waals surface area (Å²) < 4.78 is 16.1. The van der Waals surface area contributed by atoms with Gasteiger partial charge in [-0.2, -0.15) is 0 Å². The highest BCUT2D eigenvalue weighted by molar-refractivity contribution is 6.24. The van der Waals surface area contributed by atoms with E-state index in [1.54, 1.807) is 14.1 Å². The molecule has 0 aliphatic heterocycles. The maximum Gasteiger partial charge on any atom is 0.255 e. The van der Waals surface area contributed by atoms with Gasteiger partial charge in [0.1, 0.15) is 28.7 Å². The third-order valence-corrected chi connectivity index (χ3v) is 9.31. The number of aliphatic hydroxyl groups excluding tert-OH is 2. The molecule has 4 rings (SSSR count). The van der Waals surface area contributed by atoms with Crippen molar-refractivity contribution in [1.29, 1.82) is 0 Å². The summed E-state index contributed by atoms with van der Waals surface area (Å²) in [6, 6.07) is 0.177. The first-order valence-electron chi connectivity index (χ1n) is 13.8. The Labute approximate surface area is 238 Å². The first-order chi connectivity index (χ1) is 18.9. The molecule has 11 heteroatoms. The summed E-state index contributed by atoms with van der Waals surface area (Å²) in [5.41, 5.74) is 1.22. The van der Waals surface area contributed by atoms with Crippen LogP contribution in [0.25, 0.3) is 0 Å². The van der Waals surface area contributed by atoms with Crippen LogP contribution in [0.5, 0.6) is 5.75 Å². The molecule has 6 N–H and O–H groups in total. The molecular weight excluding hydrogens is 533 g/mol. The molecule has 1 aromatic carbocycles. The number of fused-ring (bicyclic) bond motifs is 3. The molecule has 0 bridgehead atoms. The van der Waals surface area contributed by atoms with E-state index in [4.69, 9.17) is 5.73 Å². The number of carbonyl (C=O) groups is 3. The van der Waals surface area contributed by atoms with Crippen LogP contribution in [0.15, 0.2) is 28.7 Å². The van der Waals surface area contributed by atoms with Crippen molar-refractivity contribution in [2.75, 3.05) is 20.6 Å². The largest absolute Gasteiger partial charge is 0.510 e. The number of rotatable bonds is 6. The second-order valence-electron chi connectivity index (χ2n) is 12.8. The maximum atomic E-state index is 16.1. The van der Waals surface area contributed by atoms with Crippen molar-refractivity contribution in [2.45, 2.75) is 71.7 Å².